The van der Waals surface area contributed by atoms with Crippen molar-refractivity contribution in [1.82, 2.24) is 9.88 Å². The molecule has 2 atom stereocenters. The van der Waals surface area contributed by atoms with Crippen molar-refractivity contribution >= 4 is 10.9 Å². The molecule has 20 heavy (non-hydrogen) atoms. The van der Waals surface area contributed by atoms with Crippen LogP contribution in [0.25, 0.3) is 10.9 Å². The molecule has 0 aliphatic heterocycles. The van der Waals surface area contributed by atoms with Crippen LogP contribution in [0.3, 0.4) is 0 Å². The highest BCUT2D eigenvalue weighted by Gasteiger charge is 2.24. The van der Waals surface area contributed by atoms with Crippen LogP contribution in [0.15, 0.2) is 30.5 Å². The fourth-order valence-corrected chi connectivity index (χ4v) is 3.45. The van der Waals surface area contributed by atoms with Gasteiger partial charge in [0.15, 0.2) is 0 Å². The second kappa shape index (κ2) is 5.98. The normalized spacial score (nSPS) is 23.6. The number of hydrogen-bond acceptors (Lipinski definition) is 2. The SMILES string of the molecule is CN(Cc1cccc2[nH]ccc12)CC1CCCCC1O. The highest BCUT2D eigenvalue weighted by atomic mass is 16.3. The van der Waals surface area contributed by atoms with Crippen LogP contribution in [0.1, 0.15) is 31.2 Å². The topological polar surface area (TPSA) is 39.3 Å². The summed E-state index contributed by atoms with van der Waals surface area (Å²) in [6.45, 7) is 1.93. The van der Waals surface area contributed by atoms with Crippen molar-refractivity contribution in [3.8, 4) is 0 Å². The highest BCUT2D eigenvalue weighted by Crippen LogP contribution is 2.26. The summed E-state index contributed by atoms with van der Waals surface area (Å²) in [5.74, 6) is 0.444. The first-order valence-corrected chi connectivity index (χ1v) is 7.65. The van der Waals surface area contributed by atoms with Crippen LogP contribution in [-0.2, 0) is 6.54 Å². The van der Waals surface area contributed by atoms with Crippen LogP contribution in [0.5, 0.6) is 0 Å². The van der Waals surface area contributed by atoms with Gasteiger partial charge in [0.1, 0.15) is 0 Å². The summed E-state index contributed by atoms with van der Waals surface area (Å²) in [6, 6.07) is 8.57. The fourth-order valence-electron chi connectivity index (χ4n) is 3.45. The highest BCUT2D eigenvalue weighted by molar-refractivity contribution is 5.82. The molecule has 1 fully saturated rings. The molecule has 2 N–H and O–H groups in total. The number of nitrogens with zero attached hydrogens (tertiary/aromatic N) is 1. The number of aromatic amines is 1. The number of H-pyrrole nitrogens is 1. The number of aliphatic hydroxyl groups excluding tert-OH is 1. The van der Waals surface area contributed by atoms with Gasteiger partial charge in [-0.1, -0.05) is 25.0 Å². The number of aromatic nitrogens is 1. The van der Waals surface area contributed by atoms with Crippen LogP contribution in [0.2, 0.25) is 0 Å². The summed E-state index contributed by atoms with van der Waals surface area (Å²) in [5.41, 5.74) is 2.56. The maximum Gasteiger partial charge on any atom is 0.0580 e. The third-order valence-corrected chi connectivity index (χ3v) is 4.54. The number of rotatable bonds is 4. The molecule has 108 valence electrons. The molecule has 1 saturated carbocycles. The van der Waals surface area contributed by atoms with Gasteiger partial charge in [0.25, 0.3) is 0 Å². The quantitative estimate of drug-likeness (QED) is 0.897. The van der Waals surface area contributed by atoms with E-state index in [0.29, 0.717) is 5.92 Å². The molecule has 3 heteroatoms. The third-order valence-electron chi connectivity index (χ3n) is 4.54. The maximum atomic E-state index is 10.1. The van der Waals surface area contributed by atoms with Gasteiger partial charge in [-0.3, -0.25) is 0 Å². The minimum absolute atomic E-state index is 0.103. The van der Waals surface area contributed by atoms with Crippen molar-refractivity contribution in [2.24, 2.45) is 5.92 Å². The van der Waals surface area contributed by atoms with E-state index in [1.54, 1.807) is 0 Å². The second-order valence-electron chi connectivity index (χ2n) is 6.16. The van der Waals surface area contributed by atoms with Gasteiger partial charge in [-0.25, -0.2) is 0 Å². The Bertz CT molecular complexity index is 563. The lowest BCUT2D eigenvalue weighted by Crippen LogP contribution is -2.34. The van der Waals surface area contributed by atoms with Gasteiger partial charge < -0.3 is 15.0 Å². The van der Waals surface area contributed by atoms with E-state index >= 15 is 0 Å². The molecule has 1 aliphatic rings. The third kappa shape index (κ3) is 2.89. The zero-order valence-electron chi connectivity index (χ0n) is 12.2. The van der Waals surface area contributed by atoms with Crippen molar-refractivity contribution in [3.05, 3.63) is 36.0 Å². The Labute approximate surface area is 120 Å². The largest absolute Gasteiger partial charge is 0.393 e. The Morgan fingerprint density at radius 2 is 2.10 bits per heavy atom. The second-order valence-corrected chi connectivity index (χ2v) is 6.16. The van der Waals surface area contributed by atoms with Crippen molar-refractivity contribution < 1.29 is 5.11 Å². The summed E-state index contributed by atoms with van der Waals surface area (Å²) in [5, 5.41) is 11.4. The molecule has 3 nitrogen and oxygen atoms in total. The minimum atomic E-state index is -0.103. The van der Waals surface area contributed by atoms with Crippen molar-refractivity contribution in [3.63, 3.8) is 0 Å². The van der Waals surface area contributed by atoms with Gasteiger partial charge in [0, 0.05) is 30.2 Å². The van der Waals surface area contributed by atoms with Crippen molar-refractivity contribution in [1.29, 1.82) is 0 Å². The molecule has 0 saturated heterocycles. The van der Waals surface area contributed by atoms with Crippen LogP contribution in [0.4, 0.5) is 0 Å². The lowest BCUT2D eigenvalue weighted by Gasteiger charge is -2.31. The average molecular weight is 272 g/mol. The summed E-state index contributed by atoms with van der Waals surface area (Å²) < 4.78 is 0. The standard InChI is InChI=1S/C17H24N2O/c1-19(12-14-5-2-3-8-17(14)20)11-13-6-4-7-16-15(13)9-10-18-16/h4,6-7,9-10,14,17-18,20H,2-3,5,8,11-12H2,1H3. The molecule has 1 aliphatic carbocycles. The first kappa shape index (κ1) is 13.7. The van der Waals surface area contributed by atoms with Gasteiger partial charge in [0.05, 0.1) is 6.10 Å². The Hall–Kier alpha value is -1.32. The predicted octanol–water partition coefficient (Wildman–Crippen LogP) is 3.15. The van der Waals surface area contributed by atoms with E-state index in [2.05, 4.69) is 41.2 Å². The summed E-state index contributed by atoms with van der Waals surface area (Å²) in [6.07, 6.45) is 6.49. The zero-order chi connectivity index (χ0) is 13.9. The molecular weight excluding hydrogens is 248 g/mol. The Morgan fingerprint density at radius 1 is 1.25 bits per heavy atom. The van der Waals surface area contributed by atoms with Gasteiger partial charge in [0.2, 0.25) is 0 Å². The van der Waals surface area contributed by atoms with E-state index in [-0.39, 0.29) is 6.10 Å². The molecule has 1 aromatic heterocycles. The van der Waals surface area contributed by atoms with Gasteiger partial charge in [-0.15, -0.1) is 0 Å². The van der Waals surface area contributed by atoms with E-state index < -0.39 is 0 Å². The lowest BCUT2D eigenvalue weighted by molar-refractivity contribution is 0.0502. The molecule has 0 amide bonds. The van der Waals surface area contributed by atoms with Crippen molar-refractivity contribution in [2.45, 2.75) is 38.3 Å². The van der Waals surface area contributed by atoms with Gasteiger partial charge in [-0.05, 0) is 43.5 Å². The molecular formula is C17H24N2O. The van der Waals surface area contributed by atoms with E-state index in [1.165, 1.54) is 35.7 Å². The minimum Gasteiger partial charge on any atom is -0.393 e. The molecule has 3 rings (SSSR count). The number of aliphatic hydroxyl groups is 1. The number of fused-ring (bicyclic) bond motifs is 1. The van der Waals surface area contributed by atoms with Crippen LogP contribution in [-0.4, -0.2) is 34.7 Å². The number of hydrogen-bond donors (Lipinski definition) is 2. The van der Waals surface area contributed by atoms with Gasteiger partial charge >= 0.3 is 0 Å². The molecule has 1 aromatic carbocycles. The first-order valence-electron chi connectivity index (χ1n) is 7.65. The Kier molecular flexibility index (Phi) is 4.08. The summed E-state index contributed by atoms with van der Waals surface area (Å²) in [4.78, 5) is 5.61. The molecule has 1 heterocycles. The number of nitrogens with one attached hydrogen (secondary N) is 1. The molecule has 0 radical (unpaired) electrons. The Balaban J connectivity index is 1.66. The van der Waals surface area contributed by atoms with E-state index in [1.807, 2.05) is 6.20 Å². The van der Waals surface area contributed by atoms with Gasteiger partial charge in [-0.2, -0.15) is 0 Å². The van der Waals surface area contributed by atoms with Crippen molar-refractivity contribution in [2.75, 3.05) is 13.6 Å². The number of benzene rings is 1. The smallest absolute Gasteiger partial charge is 0.0580 e. The first-order chi connectivity index (χ1) is 9.74. The van der Waals surface area contributed by atoms with Crippen LogP contribution < -0.4 is 0 Å². The fraction of sp³-hybridized carbons (Fsp3) is 0.529. The Morgan fingerprint density at radius 3 is 2.95 bits per heavy atom. The average Bonchev–Trinajstić information content (AvgIpc) is 2.91. The van der Waals surface area contributed by atoms with Crippen LogP contribution in [0, 0.1) is 5.92 Å². The monoisotopic (exact) mass is 272 g/mol. The molecule has 2 unspecified atom stereocenters. The molecule has 0 bridgehead atoms. The van der Waals surface area contributed by atoms with Crippen LogP contribution >= 0.6 is 0 Å². The van der Waals surface area contributed by atoms with E-state index in [9.17, 15) is 5.11 Å². The molecule has 2 aromatic rings. The lowest BCUT2D eigenvalue weighted by atomic mass is 9.86. The maximum absolute atomic E-state index is 10.1. The van der Waals surface area contributed by atoms with E-state index in [0.717, 1.165) is 19.5 Å². The summed E-state index contributed by atoms with van der Waals surface area (Å²) >= 11 is 0. The summed E-state index contributed by atoms with van der Waals surface area (Å²) in [7, 11) is 2.16. The predicted molar refractivity (Wildman–Crippen MR) is 82.6 cm³/mol. The zero-order valence-corrected chi connectivity index (χ0v) is 12.2. The van der Waals surface area contributed by atoms with E-state index in [4.69, 9.17) is 0 Å². The molecule has 0 spiro atoms.